The summed E-state index contributed by atoms with van der Waals surface area (Å²) in [6.07, 6.45) is -0.860. The van der Waals surface area contributed by atoms with E-state index >= 15 is 0 Å². The Balaban J connectivity index is 2.15. The molecule has 0 fully saturated rings. The third-order valence-electron chi connectivity index (χ3n) is 3.50. The van der Waals surface area contributed by atoms with E-state index in [9.17, 15) is 9.90 Å². The number of ether oxygens (including phenoxy) is 1. The molecule has 4 nitrogen and oxygen atoms in total. The fourth-order valence-corrected chi connectivity index (χ4v) is 2.47. The molecule has 2 aromatic rings. The molecule has 4 heteroatoms. The molecule has 0 saturated heterocycles. The second kappa shape index (κ2) is 7.97. The van der Waals surface area contributed by atoms with Crippen LogP contribution in [0.15, 0.2) is 60.7 Å². The highest BCUT2D eigenvalue weighted by molar-refractivity contribution is 5.68. The molecule has 24 heavy (non-hydrogen) atoms. The predicted molar refractivity (Wildman–Crippen MR) is 94.7 cm³/mol. The molecule has 0 saturated carbocycles. The van der Waals surface area contributed by atoms with E-state index in [0.29, 0.717) is 6.42 Å². The fraction of sp³-hybridized carbons (Fsp3) is 0.350. The van der Waals surface area contributed by atoms with Crippen molar-refractivity contribution in [1.29, 1.82) is 0 Å². The van der Waals surface area contributed by atoms with Crippen LogP contribution in [-0.2, 0) is 11.2 Å². The van der Waals surface area contributed by atoms with Crippen LogP contribution >= 0.6 is 0 Å². The lowest BCUT2D eigenvalue weighted by Gasteiger charge is -2.27. The molecule has 2 rings (SSSR count). The highest BCUT2D eigenvalue weighted by Gasteiger charge is 2.26. The van der Waals surface area contributed by atoms with Gasteiger partial charge in [-0.3, -0.25) is 0 Å². The summed E-state index contributed by atoms with van der Waals surface area (Å²) in [5, 5.41) is 13.5. The molecule has 1 amide bonds. The van der Waals surface area contributed by atoms with Gasteiger partial charge in [-0.2, -0.15) is 0 Å². The van der Waals surface area contributed by atoms with E-state index in [0.717, 1.165) is 11.1 Å². The second-order valence-electron chi connectivity index (χ2n) is 6.79. The minimum absolute atomic E-state index is 0.441. The highest BCUT2D eigenvalue weighted by atomic mass is 16.6. The van der Waals surface area contributed by atoms with Crippen molar-refractivity contribution in [2.24, 2.45) is 0 Å². The summed E-state index contributed by atoms with van der Waals surface area (Å²) >= 11 is 0. The Morgan fingerprint density at radius 1 is 1.04 bits per heavy atom. The first-order chi connectivity index (χ1) is 11.3. The highest BCUT2D eigenvalue weighted by Crippen LogP contribution is 2.21. The molecule has 2 atom stereocenters. The maximum Gasteiger partial charge on any atom is 0.408 e. The lowest BCUT2D eigenvalue weighted by molar-refractivity contribution is 0.0420. The van der Waals surface area contributed by atoms with Crippen LogP contribution in [0.25, 0.3) is 0 Å². The van der Waals surface area contributed by atoms with Crippen LogP contribution in [0.3, 0.4) is 0 Å². The third-order valence-corrected chi connectivity index (χ3v) is 3.50. The van der Waals surface area contributed by atoms with Gasteiger partial charge in [0.25, 0.3) is 0 Å². The minimum atomic E-state index is -0.762. The van der Waals surface area contributed by atoms with E-state index in [2.05, 4.69) is 5.32 Å². The normalized spacial score (nSPS) is 13.8. The first-order valence-electron chi connectivity index (χ1n) is 8.11. The van der Waals surface area contributed by atoms with Gasteiger partial charge in [0.1, 0.15) is 5.60 Å². The zero-order valence-electron chi connectivity index (χ0n) is 14.4. The van der Waals surface area contributed by atoms with Crippen LogP contribution < -0.4 is 5.32 Å². The summed E-state index contributed by atoms with van der Waals surface area (Å²) in [7, 11) is 0. The number of aliphatic hydroxyl groups is 1. The second-order valence-corrected chi connectivity index (χ2v) is 6.79. The maximum absolute atomic E-state index is 12.2. The Kier molecular flexibility index (Phi) is 5.99. The van der Waals surface area contributed by atoms with Gasteiger partial charge in [0.2, 0.25) is 0 Å². The summed E-state index contributed by atoms with van der Waals surface area (Å²) in [4.78, 5) is 12.2. The largest absolute Gasteiger partial charge is 0.444 e. The van der Waals surface area contributed by atoms with Crippen molar-refractivity contribution in [3.05, 3.63) is 71.8 Å². The third kappa shape index (κ3) is 5.70. The Labute approximate surface area is 143 Å². The average molecular weight is 327 g/mol. The van der Waals surface area contributed by atoms with Gasteiger partial charge in [0.15, 0.2) is 0 Å². The topological polar surface area (TPSA) is 58.6 Å². The molecule has 0 spiro atoms. The Morgan fingerprint density at radius 3 is 2.12 bits per heavy atom. The molecule has 2 aromatic carbocycles. The quantitative estimate of drug-likeness (QED) is 0.877. The smallest absolute Gasteiger partial charge is 0.408 e. The summed E-state index contributed by atoms with van der Waals surface area (Å²) in [6, 6.07) is 18.6. The van der Waals surface area contributed by atoms with Gasteiger partial charge in [-0.25, -0.2) is 4.79 Å². The Hall–Kier alpha value is -2.33. The Morgan fingerprint density at radius 2 is 1.58 bits per heavy atom. The SMILES string of the molecule is CC(C)(C)OC(=O)N[C@H](c1ccccc1)[C@H](O)Cc1ccccc1. The van der Waals surface area contributed by atoms with E-state index in [1.165, 1.54) is 0 Å². The number of alkyl carbamates (subject to hydrolysis) is 1. The van der Waals surface area contributed by atoms with E-state index in [1.807, 2.05) is 81.4 Å². The van der Waals surface area contributed by atoms with Crippen molar-refractivity contribution in [2.45, 2.75) is 44.9 Å². The standard InChI is InChI=1S/C20H25NO3/c1-20(2,3)24-19(23)21-18(16-12-8-5-9-13-16)17(22)14-15-10-6-4-7-11-15/h4-13,17-18,22H,14H2,1-3H3,(H,21,23)/t17-,18-/m1/s1. The predicted octanol–water partition coefficient (Wildman–Crippen LogP) is 3.86. The van der Waals surface area contributed by atoms with Crippen LogP contribution in [0, 0.1) is 0 Å². The van der Waals surface area contributed by atoms with Crippen molar-refractivity contribution in [1.82, 2.24) is 5.32 Å². The number of carbonyl (C=O) groups is 1. The van der Waals surface area contributed by atoms with E-state index < -0.39 is 23.8 Å². The maximum atomic E-state index is 12.2. The van der Waals surface area contributed by atoms with Crippen LogP contribution in [0.4, 0.5) is 4.79 Å². The van der Waals surface area contributed by atoms with Crippen molar-refractivity contribution < 1.29 is 14.6 Å². The Bertz CT molecular complexity index is 635. The monoisotopic (exact) mass is 327 g/mol. The van der Waals surface area contributed by atoms with Gasteiger partial charge in [-0.1, -0.05) is 60.7 Å². The zero-order chi connectivity index (χ0) is 17.6. The summed E-state index contributed by atoms with van der Waals surface area (Å²) in [5.41, 5.74) is 1.26. The molecule has 0 heterocycles. The van der Waals surface area contributed by atoms with E-state index in [4.69, 9.17) is 4.74 Å². The summed E-state index contributed by atoms with van der Waals surface area (Å²) < 4.78 is 5.33. The van der Waals surface area contributed by atoms with E-state index in [1.54, 1.807) is 0 Å². The van der Waals surface area contributed by atoms with Crippen LogP contribution in [0.5, 0.6) is 0 Å². The van der Waals surface area contributed by atoms with Gasteiger partial charge in [0, 0.05) is 6.42 Å². The molecule has 0 radical (unpaired) electrons. The fourth-order valence-electron chi connectivity index (χ4n) is 2.47. The average Bonchev–Trinajstić information content (AvgIpc) is 2.52. The molecule has 0 aliphatic rings. The minimum Gasteiger partial charge on any atom is -0.444 e. The number of amides is 1. The zero-order valence-corrected chi connectivity index (χ0v) is 14.4. The summed E-state index contributed by atoms with van der Waals surface area (Å²) in [6.45, 7) is 5.43. The number of nitrogens with one attached hydrogen (secondary N) is 1. The number of rotatable bonds is 5. The first-order valence-corrected chi connectivity index (χ1v) is 8.11. The number of aliphatic hydroxyl groups excluding tert-OH is 1. The molecule has 0 unspecified atom stereocenters. The van der Waals surface area contributed by atoms with Crippen molar-refractivity contribution in [3.63, 3.8) is 0 Å². The van der Waals surface area contributed by atoms with Crippen molar-refractivity contribution in [2.75, 3.05) is 0 Å². The van der Waals surface area contributed by atoms with Crippen LogP contribution in [0.1, 0.15) is 37.9 Å². The first kappa shape index (κ1) is 18.0. The molecule has 0 bridgehead atoms. The number of benzene rings is 2. The van der Waals surface area contributed by atoms with Gasteiger partial charge < -0.3 is 15.2 Å². The molecule has 0 aromatic heterocycles. The van der Waals surface area contributed by atoms with Gasteiger partial charge in [-0.05, 0) is 31.9 Å². The number of carbonyl (C=O) groups excluding carboxylic acids is 1. The number of hydrogen-bond donors (Lipinski definition) is 2. The van der Waals surface area contributed by atoms with Crippen molar-refractivity contribution >= 4 is 6.09 Å². The molecular weight excluding hydrogens is 302 g/mol. The summed E-state index contributed by atoms with van der Waals surface area (Å²) in [5.74, 6) is 0. The number of hydrogen-bond acceptors (Lipinski definition) is 3. The van der Waals surface area contributed by atoms with Gasteiger partial charge in [-0.15, -0.1) is 0 Å². The van der Waals surface area contributed by atoms with E-state index in [-0.39, 0.29) is 0 Å². The lowest BCUT2D eigenvalue weighted by Crippen LogP contribution is -2.40. The van der Waals surface area contributed by atoms with Crippen LogP contribution in [-0.4, -0.2) is 22.9 Å². The molecular formula is C20H25NO3. The molecule has 0 aliphatic carbocycles. The molecule has 2 N–H and O–H groups in total. The van der Waals surface area contributed by atoms with Gasteiger partial charge in [0.05, 0.1) is 12.1 Å². The lowest BCUT2D eigenvalue weighted by atomic mass is 9.96. The molecule has 0 aliphatic heterocycles. The van der Waals surface area contributed by atoms with Crippen molar-refractivity contribution in [3.8, 4) is 0 Å². The molecule has 128 valence electrons. The van der Waals surface area contributed by atoms with Crippen LogP contribution in [0.2, 0.25) is 0 Å². The van der Waals surface area contributed by atoms with Gasteiger partial charge >= 0.3 is 6.09 Å².